The fraction of sp³-hybridized carbons (Fsp3) is 0.375. The van der Waals surface area contributed by atoms with E-state index in [9.17, 15) is 0 Å². The maximum absolute atomic E-state index is 5.27. The average molecular weight is 256 g/mol. The Morgan fingerprint density at radius 1 is 1.37 bits per heavy atom. The summed E-state index contributed by atoms with van der Waals surface area (Å²) in [5.74, 6) is 6.82. The molecule has 3 nitrogen and oxygen atoms in total. The first kappa shape index (κ1) is 13.5. The normalized spacial score (nSPS) is 12.0. The molecule has 0 radical (unpaired) electrons. The predicted octanol–water partition coefficient (Wildman–Crippen LogP) is 2.86. The molecular formula is C16H20N2O. The molecule has 1 heterocycles. The van der Waals surface area contributed by atoms with Crippen molar-refractivity contribution in [2.75, 3.05) is 13.7 Å². The minimum Gasteiger partial charge on any atom is -0.497 e. The lowest BCUT2D eigenvalue weighted by molar-refractivity contribution is 0.415. The molecule has 0 amide bonds. The van der Waals surface area contributed by atoms with E-state index in [4.69, 9.17) is 4.74 Å². The van der Waals surface area contributed by atoms with Crippen LogP contribution < -0.4 is 10.1 Å². The van der Waals surface area contributed by atoms with E-state index in [-0.39, 0.29) is 6.04 Å². The van der Waals surface area contributed by atoms with Crippen molar-refractivity contribution >= 4 is 10.9 Å². The highest BCUT2D eigenvalue weighted by atomic mass is 16.5. The monoisotopic (exact) mass is 256 g/mol. The summed E-state index contributed by atoms with van der Waals surface area (Å²) in [7, 11) is 3.78. The van der Waals surface area contributed by atoms with E-state index in [0.29, 0.717) is 6.54 Å². The number of methoxy groups -OCH3 is 1. The van der Waals surface area contributed by atoms with Crippen molar-refractivity contribution in [2.24, 2.45) is 7.05 Å². The first-order valence-corrected chi connectivity index (χ1v) is 6.43. The van der Waals surface area contributed by atoms with Gasteiger partial charge in [-0.25, -0.2) is 0 Å². The van der Waals surface area contributed by atoms with Crippen LogP contribution in [0.1, 0.15) is 25.6 Å². The molecule has 3 heteroatoms. The summed E-state index contributed by atoms with van der Waals surface area (Å²) in [4.78, 5) is 0. The number of benzene rings is 1. The van der Waals surface area contributed by atoms with Crippen molar-refractivity contribution in [2.45, 2.75) is 19.9 Å². The van der Waals surface area contributed by atoms with Gasteiger partial charge in [-0.15, -0.1) is 5.92 Å². The lowest BCUT2D eigenvalue weighted by atomic mass is 10.2. The van der Waals surface area contributed by atoms with Crippen molar-refractivity contribution in [3.63, 3.8) is 0 Å². The molecule has 0 saturated heterocycles. The van der Waals surface area contributed by atoms with Gasteiger partial charge in [-0.2, -0.15) is 0 Å². The van der Waals surface area contributed by atoms with Gasteiger partial charge in [0, 0.05) is 29.7 Å². The quantitative estimate of drug-likeness (QED) is 0.851. The van der Waals surface area contributed by atoms with Gasteiger partial charge in [0.15, 0.2) is 0 Å². The Balaban J connectivity index is 2.32. The lowest BCUT2D eigenvalue weighted by Gasteiger charge is -2.13. The molecule has 0 saturated carbocycles. The summed E-state index contributed by atoms with van der Waals surface area (Å²) in [6.45, 7) is 4.72. The molecule has 0 aliphatic heterocycles. The summed E-state index contributed by atoms with van der Waals surface area (Å²) in [6, 6.07) is 8.62. The Morgan fingerprint density at radius 3 is 2.84 bits per heavy atom. The Kier molecular flexibility index (Phi) is 4.13. The van der Waals surface area contributed by atoms with Gasteiger partial charge in [-0.1, -0.05) is 5.92 Å². The summed E-state index contributed by atoms with van der Waals surface area (Å²) >= 11 is 0. The van der Waals surface area contributed by atoms with E-state index >= 15 is 0 Å². The predicted molar refractivity (Wildman–Crippen MR) is 79.3 cm³/mol. The van der Waals surface area contributed by atoms with Gasteiger partial charge in [-0.05, 0) is 38.1 Å². The van der Waals surface area contributed by atoms with Crippen LogP contribution in [0.2, 0.25) is 0 Å². The van der Waals surface area contributed by atoms with E-state index < -0.39 is 0 Å². The lowest BCUT2D eigenvalue weighted by Crippen LogP contribution is -2.20. The number of hydrogen-bond acceptors (Lipinski definition) is 2. The number of nitrogens with one attached hydrogen (secondary N) is 1. The average Bonchev–Trinajstić information content (AvgIpc) is 2.75. The summed E-state index contributed by atoms with van der Waals surface area (Å²) < 4.78 is 7.48. The van der Waals surface area contributed by atoms with Crippen LogP contribution in [0.3, 0.4) is 0 Å². The Hall–Kier alpha value is -1.92. The van der Waals surface area contributed by atoms with Gasteiger partial charge in [0.2, 0.25) is 0 Å². The van der Waals surface area contributed by atoms with Crippen molar-refractivity contribution in [3.05, 3.63) is 30.0 Å². The SMILES string of the molecule is CC#CCNC(C)c1cc2cc(OC)ccc2n1C. The number of ether oxygens (including phenoxy) is 1. The van der Waals surface area contributed by atoms with Gasteiger partial charge in [0.1, 0.15) is 5.75 Å². The third kappa shape index (κ3) is 2.74. The number of rotatable bonds is 4. The van der Waals surface area contributed by atoms with Crippen LogP contribution in [-0.2, 0) is 7.05 Å². The van der Waals surface area contributed by atoms with Crippen LogP contribution in [0, 0.1) is 11.8 Å². The molecule has 19 heavy (non-hydrogen) atoms. The highest BCUT2D eigenvalue weighted by Crippen LogP contribution is 2.26. The zero-order valence-electron chi connectivity index (χ0n) is 11.9. The molecule has 0 aliphatic rings. The molecule has 1 aromatic heterocycles. The zero-order chi connectivity index (χ0) is 13.8. The van der Waals surface area contributed by atoms with Gasteiger partial charge < -0.3 is 9.30 Å². The number of aryl methyl sites for hydroxylation is 1. The van der Waals surface area contributed by atoms with Crippen LogP contribution in [0.25, 0.3) is 10.9 Å². The van der Waals surface area contributed by atoms with Crippen LogP contribution in [0.4, 0.5) is 0 Å². The highest BCUT2D eigenvalue weighted by Gasteiger charge is 2.12. The van der Waals surface area contributed by atoms with E-state index in [1.807, 2.05) is 13.0 Å². The summed E-state index contributed by atoms with van der Waals surface area (Å²) in [5, 5.41) is 4.61. The van der Waals surface area contributed by atoms with E-state index in [1.54, 1.807) is 7.11 Å². The second-order valence-corrected chi connectivity index (χ2v) is 4.58. The molecule has 1 aromatic carbocycles. The van der Waals surface area contributed by atoms with Crippen molar-refractivity contribution in [1.82, 2.24) is 9.88 Å². The number of fused-ring (bicyclic) bond motifs is 1. The maximum Gasteiger partial charge on any atom is 0.119 e. The first-order chi connectivity index (χ1) is 9.17. The molecule has 1 N–H and O–H groups in total. The van der Waals surface area contributed by atoms with Crippen LogP contribution in [-0.4, -0.2) is 18.2 Å². The molecule has 2 aromatic rings. The zero-order valence-corrected chi connectivity index (χ0v) is 11.9. The molecule has 100 valence electrons. The third-order valence-electron chi connectivity index (χ3n) is 3.40. The Morgan fingerprint density at radius 2 is 2.16 bits per heavy atom. The largest absolute Gasteiger partial charge is 0.497 e. The minimum absolute atomic E-state index is 0.268. The first-order valence-electron chi connectivity index (χ1n) is 6.43. The second kappa shape index (κ2) is 5.81. The Bertz CT molecular complexity index is 631. The second-order valence-electron chi connectivity index (χ2n) is 4.58. The molecule has 0 spiro atoms. The highest BCUT2D eigenvalue weighted by molar-refractivity contribution is 5.83. The van der Waals surface area contributed by atoms with Crippen LogP contribution in [0.15, 0.2) is 24.3 Å². The minimum atomic E-state index is 0.268. The molecule has 1 unspecified atom stereocenters. The molecule has 0 fully saturated rings. The molecule has 1 atom stereocenters. The number of aromatic nitrogens is 1. The van der Waals surface area contributed by atoms with Crippen LogP contribution in [0.5, 0.6) is 5.75 Å². The summed E-state index contributed by atoms with van der Waals surface area (Å²) in [5.41, 5.74) is 2.46. The standard InChI is InChI=1S/C16H20N2O/c1-5-6-9-17-12(2)16-11-13-10-14(19-4)7-8-15(13)18(16)3/h7-8,10-12,17H,9H2,1-4H3. The number of hydrogen-bond donors (Lipinski definition) is 1. The number of nitrogens with zero attached hydrogens (tertiary/aromatic N) is 1. The van der Waals surface area contributed by atoms with Gasteiger partial charge in [0.25, 0.3) is 0 Å². The maximum atomic E-state index is 5.27. The smallest absolute Gasteiger partial charge is 0.119 e. The van der Waals surface area contributed by atoms with Crippen molar-refractivity contribution < 1.29 is 4.74 Å². The van der Waals surface area contributed by atoms with E-state index in [1.165, 1.54) is 16.6 Å². The summed E-state index contributed by atoms with van der Waals surface area (Å²) in [6.07, 6.45) is 0. The van der Waals surface area contributed by atoms with Crippen LogP contribution >= 0.6 is 0 Å². The molecular weight excluding hydrogens is 236 g/mol. The fourth-order valence-corrected chi connectivity index (χ4v) is 2.29. The topological polar surface area (TPSA) is 26.2 Å². The van der Waals surface area contributed by atoms with Gasteiger partial charge >= 0.3 is 0 Å². The van der Waals surface area contributed by atoms with Gasteiger partial charge in [-0.3, -0.25) is 5.32 Å². The van der Waals surface area contributed by atoms with Crippen molar-refractivity contribution in [3.8, 4) is 17.6 Å². The molecule has 2 rings (SSSR count). The third-order valence-corrected chi connectivity index (χ3v) is 3.40. The Labute approximate surface area is 114 Å². The van der Waals surface area contributed by atoms with Crippen molar-refractivity contribution in [1.29, 1.82) is 0 Å². The van der Waals surface area contributed by atoms with E-state index in [2.05, 4.69) is 53.9 Å². The van der Waals surface area contributed by atoms with E-state index in [0.717, 1.165) is 5.75 Å². The molecule has 0 aliphatic carbocycles. The van der Waals surface area contributed by atoms with Gasteiger partial charge in [0.05, 0.1) is 13.7 Å². The molecule has 0 bridgehead atoms. The fourth-order valence-electron chi connectivity index (χ4n) is 2.29.